The number of aromatic nitrogens is 1. The summed E-state index contributed by atoms with van der Waals surface area (Å²) in [6.45, 7) is 4.65. The highest BCUT2D eigenvalue weighted by atomic mass is 32.2. The molecule has 0 radical (unpaired) electrons. The van der Waals surface area contributed by atoms with E-state index in [0.29, 0.717) is 11.6 Å². The second-order valence-electron chi connectivity index (χ2n) is 5.71. The summed E-state index contributed by atoms with van der Waals surface area (Å²) in [5.74, 6) is 0.434. The molecule has 2 N–H and O–H groups in total. The molecule has 1 fully saturated rings. The molecule has 0 saturated heterocycles. The Labute approximate surface area is 119 Å². The Morgan fingerprint density at radius 1 is 1.50 bits per heavy atom. The van der Waals surface area contributed by atoms with E-state index < -0.39 is 10.0 Å². The summed E-state index contributed by atoms with van der Waals surface area (Å²) in [6, 6.07) is 1.43. The van der Waals surface area contributed by atoms with Crippen molar-refractivity contribution in [2.45, 2.75) is 37.6 Å². The first-order valence-corrected chi connectivity index (χ1v) is 8.25. The van der Waals surface area contributed by atoms with Crippen LogP contribution in [0.25, 0.3) is 0 Å². The van der Waals surface area contributed by atoms with Gasteiger partial charge in [-0.15, -0.1) is 0 Å². The molecule has 1 amide bonds. The number of aryl methyl sites for hydroxylation is 1. The Kier molecular flexibility index (Phi) is 3.93. The zero-order valence-electron chi connectivity index (χ0n) is 12.0. The van der Waals surface area contributed by atoms with Crippen molar-refractivity contribution in [2.75, 3.05) is 6.54 Å². The molecule has 7 heteroatoms. The Bertz CT molecular complexity index is 615. The second kappa shape index (κ2) is 5.21. The van der Waals surface area contributed by atoms with Gasteiger partial charge < -0.3 is 9.47 Å². The van der Waals surface area contributed by atoms with Gasteiger partial charge in [0, 0.05) is 25.8 Å². The maximum atomic E-state index is 12.6. The SMILES string of the molecule is CC(C)N(CC1CC1)C(=O)c1cc(S(N)(=O)=O)cn1C. The van der Waals surface area contributed by atoms with Crippen LogP contribution in [0, 0.1) is 5.92 Å². The fourth-order valence-corrected chi connectivity index (χ4v) is 2.74. The lowest BCUT2D eigenvalue weighted by Crippen LogP contribution is -2.39. The first-order valence-electron chi connectivity index (χ1n) is 6.70. The topological polar surface area (TPSA) is 85.4 Å². The molecule has 1 aliphatic carbocycles. The van der Waals surface area contributed by atoms with E-state index in [1.54, 1.807) is 11.9 Å². The summed E-state index contributed by atoms with van der Waals surface area (Å²) in [6.07, 6.45) is 3.69. The molecule has 6 nitrogen and oxygen atoms in total. The van der Waals surface area contributed by atoms with Crippen LogP contribution in [0.5, 0.6) is 0 Å². The molecule has 0 bridgehead atoms. The molecule has 0 aliphatic heterocycles. The fourth-order valence-electron chi connectivity index (χ4n) is 2.16. The van der Waals surface area contributed by atoms with Gasteiger partial charge in [0.15, 0.2) is 0 Å². The molecule has 1 aromatic rings. The van der Waals surface area contributed by atoms with Crippen LogP contribution >= 0.6 is 0 Å². The third-order valence-corrected chi connectivity index (χ3v) is 4.44. The molecule has 20 heavy (non-hydrogen) atoms. The van der Waals surface area contributed by atoms with Gasteiger partial charge in [0.1, 0.15) is 10.6 Å². The molecule has 2 rings (SSSR count). The van der Waals surface area contributed by atoms with Crippen LogP contribution in [0.3, 0.4) is 0 Å². The van der Waals surface area contributed by atoms with Crippen molar-refractivity contribution >= 4 is 15.9 Å². The van der Waals surface area contributed by atoms with Crippen LogP contribution in [0.2, 0.25) is 0 Å². The highest BCUT2D eigenvalue weighted by Crippen LogP contribution is 2.31. The number of carbonyl (C=O) groups excluding carboxylic acids is 1. The molecular formula is C13H21N3O3S. The predicted molar refractivity (Wildman–Crippen MR) is 75.7 cm³/mol. The Morgan fingerprint density at radius 2 is 2.10 bits per heavy atom. The number of nitrogens with two attached hydrogens (primary N) is 1. The van der Waals surface area contributed by atoms with Crippen LogP contribution in [0.15, 0.2) is 17.2 Å². The normalized spacial score (nSPS) is 15.7. The summed E-state index contributed by atoms with van der Waals surface area (Å²) in [5.41, 5.74) is 0.350. The van der Waals surface area contributed by atoms with Crippen molar-refractivity contribution in [2.24, 2.45) is 18.1 Å². The Hall–Kier alpha value is -1.34. The number of rotatable bonds is 5. The number of hydrogen-bond donors (Lipinski definition) is 1. The highest BCUT2D eigenvalue weighted by Gasteiger charge is 2.30. The van der Waals surface area contributed by atoms with Gasteiger partial charge in [-0.25, -0.2) is 13.6 Å². The van der Waals surface area contributed by atoms with Crippen LogP contribution in [0.1, 0.15) is 37.2 Å². The molecule has 1 aliphatic rings. The minimum Gasteiger partial charge on any atom is -0.345 e. The number of primary sulfonamides is 1. The van der Waals surface area contributed by atoms with Gasteiger partial charge in [-0.1, -0.05) is 0 Å². The molecule has 0 atom stereocenters. The average Bonchev–Trinajstić information content (AvgIpc) is 3.04. The standard InChI is InChI=1S/C13H21N3O3S/c1-9(2)16(7-10-4-5-10)13(17)12-6-11(8-15(12)3)20(14,18)19/h6,8-10H,4-5,7H2,1-3H3,(H2,14,18,19). The van der Waals surface area contributed by atoms with Crippen molar-refractivity contribution in [1.29, 1.82) is 0 Å². The van der Waals surface area contributed by atoms with Gasteiger partial charge in [-0.05, 0) is 38.7 Å². The van der Waals surface area contributed by atoms with E-state index in [1.807, 2.05) is 13.8 Å². The summed E-state index contributed by atoms with van der Waals surface area (Å²) >= 11 is 0. The van der Waals surface area contributed by atoms with Crippen LogP contribution in [-0.2, 0) is 17.1 Å². The van der Waals surface area contributed by atoms with Crippen LogP contribution in [-0.4, -0.2) is 36.4 Å². The van der Waals surface area contributed by atoms with Crippen LogP contribution in [0.4, 0.5) is 0 Å². The van der Waals surface area contributed by atoms with Gasteiger partial charge in [0.25, 0.3) is 5.91 Å². The minimum atomic E-state index is -3.79. The quantitative estimate of drug-likeness (QED) is 0.877. The number of nitrogens with zero attached hydrogens (tertiary/aromatic N) is 2. The second-order valence-corrected chi connectivity index (χ2v) is 7.27. The van der Waals surface area contributed by atoms with E-state index in [1.165, 1.54) is 16.8 Å². The van der Waals surface area contributed by atoms with Crippen molar-refractivity contribution in [1.82, 2.24) is 9.47 Å². The van der Waals surface area contributed by atoms with Crippen molar-refractivity contribution in [3.8, 4) is 0 Å². The van der Waals surface area contributed by atoms with E-state index >= 15 is 0 Å². The highest BCUT2D eigenvalue weighted by molar-refractivity contribution is 7.89. The lowest BCUT2D eigenvalue weighted by atomic mass is 10.2. The van der Waals surface area contributed by atoms with E-state index in [-0.39, 0.29) is 16.8 Å². The third-order valence-electron chi connectivity index (χ3n) is 3.56. The molecule has 1 saturated carbocycles. The monoisotopic (exact) mass is 299 g/mol. The van der Waals surface area contributed by atoms with Crippen molar-refractivity contribution in [3.63, 3.8) is 0 Å². The summed E-state index contributed by atoms with van der Waals surface area (Å²) < 4.78 is 24.2. The summed E-state index contributed by atoms with van der Waals surface area (Å²) in [7, 11) is -2.14. The molecule has 1 heterocycles. The molecule has 0 aromatic carbocycles. The maximum absolute atomic E-state index is 12.6. The number of carbonyl (C=O) groups is 1. The van der Waals surface area contributed by atoms with Gasteiger partial charge in [-0.2, -0.15) is 0 Å². The lowest BCUT2D eigenvalue weighted by molar-refractivity contribution is 0.0686. The lowest BCUT2D eigenvalue weighted by Gasteiger charge is -2.26. The smallest absolute Gasteiger partial charge is 0.270 e. The summed E-state index contributed by atoms with van der Waals surface area (Å²) in [4.78, 5) is 14.3. The van der Waals surface area contributed by atoms with E-state index in [4.69, 9.17) is 5.14 Å². The summed E-state index contributed by atoms with van der Waals surface area (Å²) in [5, 5.41) is 5.10. The number of sulfonamides is 1. The molecule has 0 unspecified atom stereocenters. The van der Waals surface area contributed by atoms with Gasteiger partial charge in [0.05, 0.1) is 0 Å². The molecule has 0 spiro atoms. The van der Waals surface area contributed by atoms with E-state index in [2.05, 4.69) is 0 Å². The molecule has 1 aromatic heterocycles. The Morgan fingerprint density at radius 3 is 2.50 bits per heavy atom. The molecular weight excluding hydrogens is 278 g/mol. The zero-order chi connectivity index (χ0) is 15.1. The largest absolute Gasteiger partial charge is 0.345 e. The number of amides is 1. The van der Waals surface area contributed by atoms with Crippen LogP contribution < -0.4 is 5.14 Å². The first kappa shape index (κ1) is 15.1. The van der Waals surface area contributed by atoms with Gasteiger partial charge in [-0.3, -0.25) is 4.79 Å². The van der Waals surface area contributed by atoms with Crippen molar-refractivity contribution in [3.05, 3.63) is 18.0 Å². The average molecular weight is 299 g/mol. The van der Waals surface area contributed by atoms with Gasteiger partial charge in [0.2, 0.25) is 10.0 Å². The maximum Gasteiger partial charge on any atom is 0.270 e. The first-order chi connectivity index (χ1) is 9.20. The van der Waals surface area contributed by atoms with Crippen molar-refractivity contribution < 1.29 is 13.2 Å². The Balaban J connectivity index is 2.28. The third kappa shape index (κ3) is 3.21. The predicted octanol–water partition coefficient (Wildman–Crippen LogP) is 0.933. The van der Waals surface area contributed by atoms with Gasteiger partial charge >= 0.3 is 0 Å². The van der Waals surface area contributed by atoms with E-state index in [9.17, 15) is 13.2 Å². The minimum absolute atomic E-state index is 0.0292. The van der Waals surface area contributed by atoms with E-state index in [0.717, 1.165) is 19.4 Å². The zero-order valence-corrected chi connectivity index (χ0v) is 12.9. The fraction of sp³-hybridized carbons (Fsp3) is 0.615. The molecule has 112 valence electrons. The number of hydrogen-bond acceptors (Lipinski definition) is 3.